The van der Waals surface area contributed by atoms with E-state index in [9.17, 15) is 0 Å². The van der Waals surface area contributed by atoms with Crippen LogP contribution in [0.5, 0.6) is 0 Å². The van der Waals surface area contributed by atoms with E-state index in [1.807, 2.05) is 6.20 Å². The number of rotatable bonds is 7. The zero-order valence-electron chi connectivity index (χ0n) is 12.0. The van der Waals surface area contributed by atoms with E-state index in [4.69, 9.17) is 0 Å². The highest BCUT2D eigenvalue weighted by molar-refractivity contribution is 5.20. The van der Waals surface area contributed by atoms with E-state index in [1.54, 1.807) is 0 Å². The summed E-state index contributed by atoms with van der Waals surface area (Å²) in [5, 5.41) is 7.92. The van der Waals surface area contributed by atoms with Crippen LogP contribution in [0.1, 0.15) is 58.2 Å². The largest absolute Gasteiger partial charge is 0.313 e. The summed E-state index contributed by atoms with van der Waals surface area (Å²) in [6.45, 7) is 14.1. The second-order valence-electron chi connectivity index (χ2n) is 5.40. The quantitative estimate of drug-likeness (QED) is 0.789. The molecule has 98 valence electrons. The Morgan fingerprint density at radius 2 is 2.00 bits per heavy atom. The van der Waals surface area contributed by atoms with Crippen LogP contribution >= 0.6 is 0 Å². The highest BCUT2D eigenvalue weighted by Crippen LogP contribution is 2.20. The van der Waals surface area contributed by atoms with Gasteiger partial charge >= 0.3 is 0 Å². The summed E-state index contributed by atoms with van der Waals surface area (Å²) in [6.07, 6.45) is 3.22. The summed E-state index contributed by atoms with van der Waals surface area (Å²) in [4.78, 5) is 0. The van der Waals surface area contributed by atoms with E-state index in [2.05, 4.69) is 49.7 Å². The summed E-state index contributed by atoms with van der Waals surface area (Å²) in [5.41, 5.74) is 2.75. The number of nitrogens with one attached hydrogen (secondary N) is 1. The van der Waals surface area contributed by atoms with E-state index in [0.717, 1.165) is 25.6 Å². The first kappa shape index (κ1) is 14.2. The normalized spacial score (nSPS) is 11.7. The highest BCUT2D eigenvalue weighted by Gasteiger charge is 2.13. The topological polar surface area (TPSA) is 29.9 Å². The lowest BCUT2D eigenvalue weighted by atomic mass is 10.1. The Bertz CT molecular complexity index is 326. The van der Waals surface area contributed by atoms with Crippen molar-refractivity contribution in [2.45, 2.75) is 60.0 Å². The molecule has 0 amide bonds. The molecule has 0 bridgehead atoms. The van der Waals surface area contributed by atoms with Gasteiger partial charge in [-0.15, -0.1) is 0 Å². The Hall–Kier alpha value is -0.830. The van der Waals surface area contributed by atoms with Crippen molar-refractivity contribution >= 4 is 0 Å². The number of aromatic nitrogens is 2. The van der Waals surface area contributed by atoms with Gasteiger partial charge in [0.1, 0.15) is 0 Å². The molecule has 3 heteroatoms. The molecule has 1 rings (SSSR count). The van der Waals surface area contributed by atoms with Crippen molar-refractivity contribution in [3.63, 3.8) is 0 Å². The summed E-state index contributed by atoms with van der Waals surface area (Å²) >= 11 is 0. The van der Waals surface area contributed by atoms with Crippen molar-refractivity contribution < 1.29 is 0 Å². The molecule has 0 aliphatic heterocycles. The molecule has 1 aromatic heterocycles. The summed E-state index contributed by atoms with van der Waals surface area (Å²) < 4.78 is 2.19. The molecular formula is C14H27N3. The van der Waals surface area contributed by atoms with E-state index < -0.39 is 0 Å². The average Bonchev–Trinajstić information content (AvgIpc) is 2.66. The van der Waals surface area contributed by atoms with Crippen LogP contribution in [0.2, 0.25) is 0 Å². The minimum atomic E-state index is 0.540. The van der Waals surface area contributed by atoms with E-state index >= 15 is 0 Å². The monoisotopic (exact) mass is 237 g/mol. The maximum Gasteiger partial charge on any atom is 0.0537 e. The molecule has 0 radical (unpaired) electrons. The van der Waals surface area contributed by atoms with Crippen LogP contribution in [-0.2, 0) is 13.1 Å². The lowest BCUT2D eigenvalue weighted by molar-refractivity contribution is 0.468. The Morgan fingerprint density at radius 1 is 1.29 bits per heavy atom. The molecule has 0 aromatic carbocycles. The van der Waals surface area contributed by atoms with Gasteiger partial charge in [0.2, 0.25) is 0 Å². The van der Waals surface area contributed by atoms with Gasteiger partial charge in [0.15, 0.2) is 0 Å². The van der Waals surface area contributed by atoms with Crippen LogP contribution < -0.4 is 5.32 Å². The number of aryl methyl sites for hydroxylation is 1. The van der Waals surface area contributed by atoms with Gasteiger partial charge < -0.3 is 5.32 Å². The maximum absolute atomic E-state index is 4.54. The van der Waals surface area contributed by atoms with Crippen molar-refractivity contribution in [3.05, 3.63) is 17.5 Å². The summed E-state index contributed by atoms with van der Waals surface area (Å²) in [7, 11) is 0. The molecule has 0 unspecified atom stereocenters. The fourth-order valence-electron chi connectivity index (χ4n) is 2.06. The average molecular weight is 237 g/mol. The SMILES string of the molecule is CCNCc1cnn(CCC(C)C)c1C(C)C. The molecule has 0 aliphatic carbocycles. The number of hydrogen-bond donors (Lipinski definition) is 1. The van der Waals surface area contributed by atoms with Gasteiger partial charge in [-0.3, -0.25) is 4.68 Å². The third-order valence-corrected chi connectivity index (χ3v) is 2.99. The molecule has 1 heterocycles. The molecule has 0 fully saturated rings. The second-order valence-corrected chi connectivity index (χ2v) is 5.40. The molecule has 0 aliphatic rings. The Labute approximate surface area is 106 Å². The predicted molar refractivity (Wildman–Crippen MR) is 73.2 cm³/mol. The van der Waals surface area contributed by atoms with Crippen LogP contribution in [0.15, 0.2) is 6.20 Å². The third kappa shape index (κ3) is 4.15. The van der Waals surface area contributed by atoms with Gasteiger partial charge in [-0.05, 0) is 24.8 Å². The smallest absolute Gasteiger partial charge is 0.0537 e. The lowest BCUT2D eigenvalue weighted by Gasteiger charge is -2.14. The molecule has 0 saturated carbocycles. The van der Waals surface area contributed by atoms with Crippen LogP contribution in [0, 0.1) is 5.92 Å². The standard InChI is InChI=1S/C14H27N3/c1-6-15-9-13-10-16-17(8-7-11(2)3)14(13)12(4)5/h10-12,15H,6-9H2,1-5H3. The Balaban J connectivity index is 2.78. The first-order valence-corrected chi connectivity index (χ1v) is 6.81. The fraction of sp³-hybridized carbons (Fsp3) is 0.786. The van der Waals surface area contributed by atoms with Gasteiger partial charge in [-0.25, -0.2) is 0 Å². The maximum atomic E-state index is 4.54. The molecule has 1 N–H and O–H groups in total. The van der Waals surface area contributed by atoms with Gasteiger partial charge in [0.05, 0.1) is 6.20 Å². The van der Waals surface area contributed by atoms with Crippen molar-refractivity contribution in [1.82, 2.24) is 15.1 Å². The zero-order chi connectivity index (χ0) is 12.8. The summed E-state index contributed by atoms with van der Waals surface area (Å²) in [6, 6.07) is 0. The van der Waals surface area contributed by atoms with Crippen LogP contribution in [-0.4, -0.2) is 16.3 Å². The lowest BCUT2D eigenvalue weighted by Crippen LogP contribution is -2.15. The van der Waals surface area contributed by atoms with Crippen LogP contribution in [0.25, 0.3) is 0 Å². The highest BCUT2D eigenvalue weighted by atomic mass is 15.3. The third-order valence-electron chi connectivity index (χ3n) is 2.99. The second kappa shape index (κ2) is 6.80. The Kier molecular flexibility index (Phi) is 5.69. The Morgan fingerprint density at radius 3 is 2.53 bits per heavy atom. The van der Waals surface area contributed by atoms with Gasteiger partial charge in [0.25, 0.3) is 0 Å². The van der Waals surface area contributed by atoms with Crippen molar-refractivity contribution in [2.75, 3.05) is 6.54 Å². The first-order valence-electron chi connectivity index (χ1n) is 6.81. The van der Waals surface area contributed by atoms with Crippen molar-refractivity contribution in [3.8, 4) is 0 Å². The van der Waals surface area contributed by atoms with E-state index in [-0.39, 0.29) is 0 Å². The molecule has 1 aromatic rings. The molecule has 17 heavy (non-hydrogen) atoms. The molecule has 0 atom stereocenters. The number of nitrogens with zero attached hydrogens (tertiary/aromatic N) is 2. The van der Waals surface area contributed by atoms with E-state index in [0.29, 0.717) is 5.92 Å². The van der Waals surface area contributed by atoms with E-state index in [1.165, 1.54) is 17.7 Å². The molecule has 0 spiro atoms. The predicted octanol–water partition coefficient (Wildman–Crippen LogP) is 3.16. The summed E-state index contributed by atoms with van der Waals surface area (Å²) in [5.74, 6) is 1.27. The van der Waals surface area contributed by atoms with Crippen LogP contribution in [0.3, 0.4) is 0 Å². The zero-order valence-corrected chi connectivity index (χ0v) is 12.0. The molecular weight excluding hydrogens is 210 g/mol. The molecule has 0 saturated heterocycles. The van der Waals surface area contributed by atoms with Gasteiger partial charge in [-0.2, -0.15) is 5.10 Å². The van der Waals surface area contributed by atoms with Crippen molar-refractivity contribution in [1.29, 1.82) is 0 Å². The molecule has 3 nitrogen and oxygen atoms in total. The van der Waals surface area contributed by atoms with Crippen LogP contribution in [0.4, 0.5) is 0 Å². The minimum absolute atomic E-state index is 0.540. The van der Waals surface area contributed by atoms with Gasteiger partial charge in [0, 0.05) is 24.3 Å². The fourth-order valence-corrected chi connectivity index (χ4v) is 2.06. The number of hydrogen-bond acceptors (Lipinski definition) is 2. The van der Waals surface area contributed by atoms with Crippen molar-refractivity contribution in [2.24, 2.45) is 5.92 Å². The minimum Gasteiger partial charge on any atom is -0.313 e. The first-order chi connectivity index (χ1) is 8.06. The van der Waals surface area contributed by atoms with Gasteiger partial charge in [-0.1, -0.05) is 34.6 Å².